The fraction of sp³-hybridized carbons (Fsp3) is 0.375. The van der Waals surface area contributed by atoms with E-state index in [9.17, 15) is 5.11 Å². The van der Waals surface area contributed by atoms with Gasteiger partial charge in [-0.1, -0.05) is 45.0 Å². The molecule has 1 aromatic carbocycles. The third kappa shape index (κ3) is 3.68. The van der Waals surface area contributed by atoms with Crippen LogP contribution in [0.2, 0.25) is 0 Å². The Hall–Kier alpha value is -0.640. The molecule has 1 unspecified atom stereocenters. The molecular formula is C16H19BrOS. The second-order valence-electron chi connectivity index (χ2n) is 5.79. The SMILES string of the molecule is CC(C)(C)c1ccccc1C(O)Cc1cc(Br)cs1. The van der Waals surface area contributed by atoms with Gasteiger partial charge in [0.1, 0.15) is 0 Å². The Balaban J connectivity index is 2.26. The lowest BCUT2D eigenvalue weighted by Gasteiger charge is -2.25. The van der Waals surface area contributed by atoms with E-state index in [2.05, 4.69) is 54.2 Å². The van der Waals surface area contributed by atoms with E-state index in [1.54, 1.807) is 11.3 Å². The normalized spacial score (nSPS) is 13.5. The van der Waals surface area contributed by atoms with Crippen molar-refractivity contribution in [2.75, 3.05) is 0 Å². The third-order valence-corrected chi connectivity index (χ3v) is 4.86. The van der Waals surface area contributed by atoms with Crippen LogP contribution in [0.15, 0.2) is 40.2 Å². The zero-order chi connectivity index (χ0) is 14.0. The van der Waals surface area contributed by atoms with Crippen molar-refractivity contribution in [3.05, 3.63) is 56.2 Å². The van der Waals surface area contributed by atoms with Crippen LogP contribution in [0.25, 0.3) is 0 Å². The van der Waals surface area contributed by atoms with Crippen LogP contribution in [-0.4, -0.2) is 5.11 Å². The van der Waals surface area contributed by atoms with Crippen LogP contribution in [0.4, 0.5) is 0 Å². The highest BCUT2D eigenvalue weighted by Gasteiger charge is 2.21. The average Bonchev–Trinajstić information content (AvgIpc) is 2.73. The molecule has 1 N–H and O–H groups in total. The number of rotatable bonds is 3. The van der Waals surface area contributed by atoms with Crippen LogP contribution in [0.5, 0.6) is 0 Å². The summed E-state index contributed by atoms with van der Waals surface area (Å²) in [6, 6.07) is 10.3. The maximum atomic E-state index is 10.5. The van der Waals surface area contributed by atoms with E-state index in [0.717, 1.165) is 10.0 Å². The van der Waals surface area contributed by atoms with Crippen LogP contribution in [0.3, 0.4) is 0 Å². The molecule has 2 aromatic rings. The summed E-state index contributed by atoms with van der Waals surface area (Å²) in [5, 5.41) is 12.6. The lowest BCUT2D eigenvalue weighted by Crippen LogP contribution is -2.16. The predicted octanol–water partition coefficient (Wildman–Crippen LogP) is 5.08. The van der Waals surface area contributed by atoms with Gasteiger partial charge in [-0.2, -0.15) is 0 Å². The molecule has 0 aliphatic heterocycles. The largest absolute Gasteiger partial charge is 0.388 e. The van der Waals surface area contributed by atoms with E-state index >= 15 is 0 Å². The van der Waals surface area contributed by atoms with Gasteiger partial charge >= 0.3 is 0 Å². The summed E-state index contributed by atoms with van der Waals surface area (Å²) in [4.78, 5) is 1.20. The van der Waals surface area contributed by atoms with Crippen molar-refractivity contribution < 1.29 is 5.11 Å². The zero-order valence-electron chi connectivity index (χ0n) is 11.5. The van der Waals surface area contributed by atoms with Crippen molar-refractivity contribution in [2.24, 2.45) is 0 Å². The van der Waals surface area contributed by atoms with Crippen molar-refractivity contribution >= 4 is 27.3 Å². The summed E-state index contributed by atoms with van der Waals surface area (Å²) in [6.45, 7) is 6.54. The molecule has 19 heavy (non-hydrogen) atoms. The van der Waals surface area contributed by atoms with Gasteiger partial charge in [-0.25, -0.2) is 0 Å². The van der Waals surface area contributed by atoms with E-state index in [1.807, 2.05) is 18.2 Å². The Morgan fingerprint density at radius 1 is 1.26 bits per heavy atom. The van der Waals surface area contributed by atoms with Crippen LogP contribution in [-0.2, 0) is 11.8 Å². The Morgan fingerprint density at radius 3 is 2.53 bits per heavy atom. The summed E-state index contributed by atoms with van der Waals surface area (Å²) in [5.41, 5.74) is 2.31. The van der Waals surface area contributed by atoms with E-state index in [0.29, 0.717) is 6.42 Å². The lowest BCUT2D eigenvalue weighted by atomic mass is 9.82. The summed E-state index contributed by atoms with van der Waals surface area (Å²) in [6.07, 6.45) is 0.226. The zero-order valence-corrected chi connectivity index (χ0v) is 13.9. The molecule has 0 saturated carbocycles. The highest BCUT2D eigenvalue weighted by atomic mass is 79.9. The van der Waals surface area contributed by atoms with Crippen molar-refractivity contribution in [1.82, 2.24) is 0 Å². The highest BCUT2D eigenvalue weighted by molar-refractivity contribution is 9.10. The molecule has 3 heteroatoms. The average molecular weight is 339 g/mol. The molecule has 0 aliphatic carbocycles. The molecule has 0 aliphatic rings. The first-order chi connectivity index (χ1) is 8.88. The molecule has 1 heterocycles. The minimum absolute atomic E-state index is 0.0492. The highest BCUT2D eigenvalue weighted by Crippen LogP contribution is 2.32. The molecule has 0 spiro atoms. The maximum absolute atomic E-state index is 10.5. The molecule has 1 aromatic heterocycles. The first kappa shape index (κ1) is 14.8. The Kier molecular flexibility index (Phi) is 4.49. The monoisotopic (exact) mass is 338 g/mol. The molecular weight excluding hydrogens is 320 g/mol. The molecule has 0 amide bonds. The standard InChI is InChI=1S/C16H19BrOS/c1-16(2,3)14-7-5-4-6-13(14)15(18)9-12-8-11(17)10-19-12/h4-8,10,15,18H,9H2,1-3H3. The van der Waals surface area contributed by atoms with Crippen molar-refractivity contribution in [1.29, 1.82) is 0 Å². The van der Waals surface area contributed by atoms with Crippen molar-refractivity contribution in [2.45, 2.75) is 38.7 Å². The number of hydrogen-bond donors (Lipinski definition) is 1. The van der Waals surface area contributed by atoms with Gasteiger partial charge in [0, 0.05) is 21.2 Å². The topological polar surface area (TPSA) is 20.2 Å². The molecule has 1 nitrogen and oxygen atoms in total. The number of aliphatic hydroxyl groups excluding tert-OH is 1. The van der Waals surface area contributed by atoms with Gasteiger partial charge in [0.05, 0.1) is 6.10 Å². The van der Waals surface area contributed by atoms with Crippen molar-refractivity contribution in [3.63, 3.8) is 0 Å². The summed E-state index contributed by atoms with van der Waals surface area (Å²) in [7, 11) is 0. The Morgan fingerprint density at radius 2 is 1.95 bits per heavy atom. The summed E-state index contributed by atoms with van der Waals surface area (Å²) >= 11 is 5.13. The summed E-state index contributed by atoms with van der Waals surface area (Å²) < 4.78 is 1.09. The van der Waals surface area contributed by atoms with Crippen molar-refractivity contribution in [3.8, 4) is 0 Å². The van der Waals surface area contributed by atoms with E-state index in [-0.39, 0.29) is 5.41 Å². The number of halogens is 1. The second kappa shape index (κ2) is 5.78. The minimum Gasteiger partial charge on any atom is -0.388 e. The van der Waals surface area contributed by atoms with Gasteiger partial charge in [0.15, 0.2) is 0 Å². The Bertz CT molecular complexity index is 554. The van der Waals surface area contributed by atoms with Gasteiger partial charge in [0.25, 0.3) is 0 Å². The van der Waals surface area contributed by atoms with E-state index in [4.69, 9.17) is 0 Å². The van der Waals surface area contributed by atoms with Gasteiger partial charge in [-0.3, -0.25) is 0 Å². The third-order valence-electron chi connectivity index (χ3n) is 3.14. The molecule has 1 atom stereocenters. The van der Waals surface area contributed by atoms with Gasteiger partial charge in [-0.05, 0) is 38.5 Å². The van der Waals surface area contributed by atoms with Gasteiger partial charge in [-0.15, -0.1) is 11.3 Å². The van der Waals surface area contributed by atoms with Gasteiger partial charge < -0.3 is 5.11 Å². The molecule has 2 rings (SSSR count). The van der Waals surface area contributed by atoms with Crippen LogP contribution in [0, 0.1) is 0 Å². The quantitative estimate of drug-likeness (QED) is 0.826. The summed E-state index contributed by atoms with van der Waals surface area (Å²) in [5.74, 6) is 0. The van der Waals surface area contributed by atoms with E-state index in [1.165, 1.54) is 10.4 Å². The molecule has 102 valence electrons. The first-order valence-corrected chi connectivity index (χ1v) is 8.05. The molecule has 0 saturated heterocycles. The number of benzene rings is 1. The fourth-order valence-corrected chi connectivity index (χ4v) is 3.72. The smallest absolute Gasteiger partial charge is 0.0841 e. The van der Waals surface area contributed by atoms with Gasteiger partial charge in [0.2, 0.25) is 0 Å². The van der Waals surface area contributed by atoms with Crippen LogP contribution in [0.1, 0.15) is 42.9 Å². The number of hydrogen-bond acceptors (Lipinski definition) is 2. The molecule has 0 bridgehead atoms. The van der Waals surface area contributed by atoms with E-state index < -0.39 is 6.10 Å². The Labute approximate surface area is 127 Å². The maximum Gasteiger partial charge on any atom is 0.0841 e. The number of thiophene rings is 1. The van der Waals surface area contributed by atoms with Crippen LogP contribution < -0.4 is 0 Å². The lowest BCUT2D eigenvalue weighted by molar-refractivity contribution is 0.177. The van der Waals surface area contributed by atoms with Crippen LogP contribution >= 0.6 is 27.3 Å². The predicted molar refractivity (Wildman–Crippen MR) is 85.8 cm³/mol. The fourth-order valence-electron chi connectivity index (χ4n) is 2.23. The molecule has 0 fully saturated rings. The number of aliphatic hydroxyl groups is 1. The molecule has 0 radical (unpaired) electrons. The first-order valence-electron chi connectivity index (χ1n) is 6.38. The minimum atomic E-state index is -0.444. The second-order valence-corrected chi connectivity index (χ2v) is 7.70.